The van der Waals surface area contributed by atoms with Gasteiger partial charge in [-0.1, -0.05) is 29.3 Å². The van der Waals surface area contributed by atoms with Crippen molar-refractivity contribution in [2.24, 2.45) is 0 Å². The molecule has 3 aromatic carbocycles. The molecule has 0 atom stereocenters. The van der Waals surface area contributed by atoms with Crippen LogP contribution in [0.3, 0.4) is 0 Å². The summed E-state index contributed by atoms with van der Waals surface area (Å²) in [4.78, 5) is 19.5. The van der Waals surface area contributed by atoms with Crippen molar-refractivity contribution in [2.75, 3.05) is 72.3 Å². The number of hydrogen-bond acceptors (Lipinski definition) is 8. The average Bonchev–Trinajstić information content (AvgIpc) is 3.43. The van der Waals surface area contributed by atoms with E-state index in [0.717, 1.165) is 52.1 Å². The minimum Gasteiger partial charge on any atom is -0.378 e. The predicted octanol–water partition coefficient (Wildman–Crippen LogP) is 5.23. The maximum Gasteiger partial charge on any atom is 0.261 e. The maximum absolute atomic E-state index is 12.9. The van der Waals surface area contributed by atoms with Crippen LogP contribution < -0.4 is 19.8 Å². The van der Waals surface area contributed by atoms with Gasteiger partial charge in [0.05, 0.1) is 34.2 Å². The number of sulfonamides is 1. The molecular formula is C32H33ClN8O3S2. The van der Waals surface area contributed by atoms with Gasteiger partial charge in [-0.3, -0.25) is 4.72 Å². The molecule has 7 rings (SSSR count). The first-order valence-corrected chi connectivity index (χ1v) is 17.3. The van der Waals surface area contributed by atoms with Gasteiger partial charge in [-0.05, 0) is 67.7 Å². The molecule has 46 heavy (non-hydrogen) atoms. The average molecular weight is 677 g/mol. The molecule has 0 aliphatic carbocycles. The molecule has 11 nitrogen and oxygen atoms in total. The summed E-state index contributed by atoms with van der Waals surface area (Å²) >= 11 is 12.5. The second-order valence-corrected chi connectivity index (χ2v) is 13.9. The van der Waals surface area contributed by atoms with Gasteiger partial charge >= 0.3 is 0 Å². The van der Waals surface area contributed by atoms with E-state index < -0.39 is 10.0 Å². The normalized spacial score (nSPS) is 15.8. The molecule has 0 radical (unpaired) electrons. The number of H-pyrrole nitrogens is 1. The van der Waals surface area contributed by atoms with Crippen LogP contribution in [0, 0.1) is 6.92 Å². The van der Waals surface area contributed by atoms with Gasteiger partial charge in [0.2, 0.25) is 0 Å². The molecule has 0 spiro atoms. The Hall–Kier alpha value is -4.17. The summed E-state index contributed by atoms with van der Waals surface area (Å²) in [6.07, 6.45) is 1.59. The number of nitrogens with zero attached hydrogens (tertiary/aromatic N) is 5. The van der Waals surface area contributed by atoms with Crippen LogP contribution in [-0.4, -0.2) is 85.9 Å². The van der Waals surface area contributed by atoms with Crippen LogP contribution in [0.25, 0.3) is 21.9 Å². The number of ether oxygens (including phenoxy) is 1. The lowest BCUT2D eigenvalue weighted by Gasteiger charge is -2.37. The predicted molar refractivity (Wildman–Crippen MR) is 188 cm³/mol. The molecule has 5 aromatic rings. The second-order valence-electron chi connectivity index (χ2n) is 11.4. The Kier molecular flexibility index (Phi) is 8.32. The van der Waals surface area contributed by atoms with Gasteiger partial charge in [-0.15, -0.1) is 0 Å². The summed E-state index contributed by atoms with van der Waals surface area (Å²) in [6, 6.07) is 17.9. The molecule has 2 fully saturated rings. The van der Waals surface area contributed by atoms with E-state index in [4.69, 9.17) is 33.5 Å². The number of nitrogens with one attached hydrogen (secondary N) is 3. The topological polar surface area (TPSA) is 119 Å². The lowest BCUT2D eigenvalue weighted by atomic mass is 10.1. The number of thiocarbonyl (C=S) groups is 1. The number of fused-ring (bicyclic) bond motifs is 3. The molecule has 0 bridgehead atoms. The lowest BCUT2D eigenvalue weighted by molar-refractivity contribution is 0.122. The molecule has 0 saturated carbocycles. The van der Waals surface area contributed by atoms with Crippen LogP contribution >= 0.6 is 23.8 Å². The Bertz CT molecular complexity index is 2010. The summed E-state index contributed by atoms with van der Waals surface area (Å²) in [5.41, 5.74) is 4.97. The van der Waals surface area contributed by atoms with Crippen molar-refractivity contribution in [3.63, 3.8) is 0 Å². The molecule has 2 aromatic heterocycles. The van der Waals surface area contributed by atoms with Gasteiger partial charge in [0.25, 0.3) is 10.0 Å². The molecule has 2 aliphatic rings. The first-order valence-electron chi connectivity index (χ1n) is 15.0. The van der Waals surface area contributed by atoms with Gasteiger partial charge in [0.15, 0.2) is 5.11 Å². The number of rotatable bonds is 6. The van der Waals surface area contributed by atoms with Gasteiger partial charge in [0, 0.05) is 61.5 Å². The number of morpholine rings is 1. The van der Waals surface area contributed by atoms with E-state index in [1.807, 2.05) is 25.1 Å². The van der Waals surface area contributed by atoms with E-state index in [9.17, 15) is 8.42 Å². The van der Waals surface area contributed by atoms with E-state index in [-0.39, 0.29) is 4.90 Å². The van der Waals surface area contributed by atoms with Crippen molar-refractivity contribution in [1.82, 2.24) is 19.9 Å². The fraction of sp³-hybridized carbons (Fsp3) is 0.281. The number of halogens is 1. The molecule has 0 unspecified atom stereocenters. The molecule has 3 N–H and O–H groups in total. The zero-order valence-electron chi connectivity index (χ0n) is 25.2. The maximum atomic E-state index is 12.9. The lowest BCUT2D eigenvalue weighted by Crippen LogP contribution is -2.50. The Balaban J connectivity index is 1.02. The number of aromatic amines is 1. The molecule has 238 valence electrons. The number of aryl methyl sites for hydroxylation is 1. The van der Waals surface area contributed by atoms with Gasteiger partial charge in [0.1, 0.15) is 17.8 Å². The molecule has 4 heterocycles. The van der Waals surface area contributed by atoms with Crippen molar-refractivity contribution >= 4 is 83.8 Å². The summed E-state index contributed by atoms with van der Waals surface area (Å²) in [6.45, 7) is 7.71. The van der Waals surface area contributed by atoms with Crippen molar-refractivity contribution in [3.8, 4) is 0 Å². The van der Waals surface area contributed by atoms with Crippen LogP contribution in [0.2, 0.25) is 5.02 Å². The van der Waals surface area contributed by atoms with Gasteiger partial charge < -0.3 is 29.7 Å². The van der Waals surface area contributed by atoms with E-state index in [0.29, 0.717) is 60.9 Å². The van der Waals surface area contributed by atoms with Crippen molar-refractivity contribution in [1.29, 1.82) is 0 Å². The summed E-state index contributed by atoms with van der Waals surface area (Å²) < 4.78 is 33.9. The van der Waals surface area contributed by atoms with E-state index in [2.05, 4.69) is 40.8 Å². The van der Waals surface area contributed by atoms with Crippen LogP contribution in [-0.2, 0) is 14.8 Å². The van der Waals surface area contributed by atoms with Crippen LogP contribution in [0.4, 0.5) is 22.9 Å². The number of benzene rings is 3. The zero-order valence-corrected chi connectivity index (χ0v) is 27.6. The SMILES string of the molecule is Cc1ccc(NS(=O)(=O)c2ccc(NC(=S)N3CCN(c4ncnc5[nH]c6cc(Cl)c(N7CCOCC7)cc6c45)CC3)cc2)cc1. The molecule has 0 amide bonds. The Morgan fingerprint density at radius 2 is 1.61 bits per heavy atom. The molecule has 14 heteroatoms. The summed E-state index contributed by atoms with van der Waals surface area (Å²) in [5, 5.41) is 6.55. The minimum atomic E-state index is -3.71. The molecule has 2 saturated heterocycles. The van der Waals surface area contributed by atoms with Crippen LogP contribution in [0.5, 0.6) is 0 Å². The monoisotopic (exact) mass is 676 g/mol. The number of hydrogen-bond donors (Lipinski definition) is 3. The smallest absolute Gasteiger partial charge is 0.261 e. The first-order chi connectivity index (χ1) is 22.2. The third-order valence-corrected chi connectivity index (χ3v) is 10.4. The fourth-order valence-electron chi connectivity index (χ4n) is 5.88. The van der Waals surface area contributed by atoms with Crippen LogP contribution in [0.15, 0.2) is 71.9 Å². The number of anilines is 4. The van der Waals surface area contributed by atoms with Crippen molar-refractivity contribution in [2.45, 2.75) is 11.8 Å². The van der Waals surface area contributed by atoms with E-state index in [1.54, 1.807) is 42.7 Å². The highest BCUT2D eigenvalue weighted by molar-refractivity contribution is 7.92. The fourth-order valence-corrected chi connectivity index (χ4v) is 7.52. The van der Waals surface area contributed by atoms with Gasteiger partial charge in [-0.2, -0.15) is 0 Å². The molecular weight excluding hydrogens is 644 g/mol. The third kappa shape index (κ3) is 6.15. The Morgan fingerprint density at radius 1 is 0.913 bits per heavy atom. The highest BCUT2D eigenvalue weighted by atomic mass is 35.5. The largest absolute Gasteiger partial charge is 0.378 e. The van der Waals surface area contributed by atoms with Crippen molar-refractivity contribution < 1.29 is 13.2 Å². The van der Waals surface area contributed by atoms with E-state index >= 15 is 0 Å². The summed E-state index contributed by atoms with van der Waals surface area (Å²) in [7, 11) is -3.71. The zero-order chi connectivity index (χ0) is 31.8. The standard InChI is InChI=1S/C32H33ClN8O3S2/c1-21-2-4-23(5-3-21)38-46(42,43)24-8-6-22(7-9-24)36-32(45)41-12-10-40(11-13-41)31-29-25-18-28(39-14-16-44-17-15-39)26(33)19-27(25)37-30(29)34-20-35-31/h2-9,18-20,38H,10-17H2,1H3,(H,36,45)(H,34,35,37). The van der Waals surface area contributed by atoms with E-state index in [1.165, 1.54) is 0 Å². The highest BCUT2D eigenvalue weighted by Gasteiger charge is 2.25. The second kappa shape index (κ2) is 12.6. The third-order valence-electron chi connectivity index (χ3n) is 8.37. The van der Waals surface area contributed by atoms with Gasteiger partial charge in [-0.25, -0.2) is 18.4 Å². The first kappa shape index (κ1) is 30.5. The van der Waals surface area contributed by atoms with Crippen LogP contribution in [0.1, 0.15) is 5.56 Å². The quantitative estimate of drug-likeness (QED) is 0.206. The van der Waals surface area contributed by atoms with Crippen molar-refractivity contribution in [3.05, 3.63) is 77.6 Å². The number of aromatic nitrogens is 3. The highest BCUT2D eigenvalue weighted by Crippen LogP contribution is 2.38. The number of piperazine rings is 1. The summed E-state index contributed by atoms with van der Waals surface area (Å²) in [5.74, 6) is 0.876. The Morgan fingerprint density at radius 3 is 2.33 bits per heavy atom. The Labute approximate surface area is 277 Å². The molecule has 2 aliphatic heterocycles. The minimum absolute atomic E-state index is 0.172.